The van der Waals surface area contributed by atoms with Crippen molar-refractivity contribution >= 4 is 11.4 Å². The highest BCUT2D eigenvalue weighted by atomic mass is 19.4. The monoisotopic (exact) mass is 714 g/mol. The molecule has 262 valence electrons. The van der Waals surface area contributed by atoms with Crippen LogP contribution in [0.5, 0.6) is 23.0 Å². The average Bonchev–Trinajstić information content (AvgIpc) is 3.51. The Hall–Kier alpha value is -6.12. The summed E-state index contributed by atoms with van der Waals surface area (Å²) in [7, 11) is 0. The molecule has 15 heteroatoms. The molecule has 1 heterocycles. The van der Waals surface area contributed by atoms with Gasteiger partial charge >= 0.3 is 18.5 Å². The normalized spacial score (nSPS) is 12.2. The lowest BCUT2D eigenvalue weighted by Gasteiger charge is -2.15. The van der Waals surface area contributed by atoms with E-state index >= 15 is 0 Å². The van der Waals surface area contributed by atoms with Gasteiger partial charge in [-0.2, -0.15) is 39.5 Å². The number of nitrogen functional groups attached to an aromatic ring is 2. The summed E-state index contributed by atoms with van der Waals surface area (Å²) >= 11 is 0. The van der Waals surface area contributed by atoms with Crippen LogP contribution in [0.2, 0.25) is 0 Å². The summed E-state index contributed by atoms with van der Waals surface area (Å²) in [5.74, 6) is -0.655. The molecule has 0 spiro atoms. The summed E-state index contributed by atoms with van der Waals surface area (Å²) in [6, 6.07) is 22.2. The summed E-state index contributed by atoms with van der Waals surface area (Å²) in [5, 5.41) is 0. The van der Waals surface area contributed by atoms with Gasteiger partial charge in [-0.15, -0.1) is 0 Å². The minimum absolute atomic E-state index is 0.0523. The molecule has 6 rings (SSSR count). The van der Waals surface area contributed by atoms with E-state index < -0.39 is 46.7 Å². The Bertz CT molecular complexity index is 2050. The van der Waals surface area contributed by atoms with Crippen molar-refractivity contribution in [1.82, 2.24) is 9.97 Å². The van der Waals surface area contributed by atoms with E-state index in [9.17, 15) is 39.5 Å². The van der Waals surface area contributed by atoms with E-state index in [-0.39, 0.29) is 28.7 Å². The predicted octanol–water partition coefficient (Wildman–Crippen LogP) is 11.2. The summed E-state index contributed by atoms with van der Waals surface area (Å²) < 4.78 is 132. The Morgan fingerprint density at radius 2 is 0.922 bits per heavy atom. The van der Waals surface area contributed by atoms with Gasteiger partial charge in [-0.05, 0) is 97.1 Å². The van der Waals surface area contributed by atoms with Crippen LogP contribution in [-0.2, 0) is 18.5 Å². The third-order valence-corrected chi connectivity index (χ3v) is 7.53. The Kier molecular flexibility index (Phi) is 8.83. The number of nitrogens with zero attached hydrogens (tertiary/aromatic N) is 1. The molecule has 0 aliphatic rings. The molecule has 6 aromatic rings. The van der Waals surface area contributed by atoms with Crippen molar-refractivity contribution in [2.45, 2.75) is 18.5 Å². The summed E-state index contributed by atoms with van der Waals surface area (Å²) in [4.78, 5) is 7.71. The van der Waals surface area contributed by atoms with Crippen molar-refractivity contribution in [3.05, 3.63) is 126 Å². The Morgan fingerprint density at radius 3 is 1.35 bits per heavy atom. The molecule has 0 aliphatic carbocycles. The van der Waals surface area contributed by atoms with E-state index in [1.54, 1.807) is 0 Å². The van der Waals surface area contributed by atoms with Crippen molar-refractivity contribution < 1.29 is 49.0 Å². The van der Waals surface area contributed by atoms with Crippen molar-refractivity contribution in [1.29, 1.82) is 0 Å². The first-order valence-corrected chi connectivity index (χ1v) is 14.7. The lowest BCUT2D eigenvalue weighted by Crippen LogP contribution is -2.08. The molecule has 0 fully saturated rings. The van der Waals surface area contributed by atoms with Crippen molar-refractivity contribution in [3.8, 4) is 56.9 Å². The number of anilines is 2. The smallest absolute Gasteiger partial charge is 0.420 e. The number of rotatable bonds is 7. The number of nitrogens with one attached hydrogen (secondary N) is 1. The molecule has 51 heavy (non-hydrogen) atoms. The minimum atomic E-state index is -4.74. The molecule has 5 aromatic carbocycles. The number of aromatic nitrogens is 2. The second kappa shape index (κ2) is 13.0. The third-order valence-electron chi connectivity index (χ3n) is 7.53. The maximum atomic E-state index is 13.6. The van der Waals surface area contributed by atoms with Crippen LogP contribution in [-0.4, -0.2) is 9.97 Å². The summed E-state index contributed by atoms with van der Waals surface area (Å²) in [6.45, 7) is 0. The highest BCUT2D eigenvalue weighted by molar-refractivity contribution is 5.81. The van der Waals surface area contributed by atoms with Crippen molar-refractivity contribution in [3.63, 3.8) is 0 Å². The van der Waals surface area contributed by atoms with Crippen LogP contribution >= 0.6 is 0 Å². The summed E-state index contributed by atoms with van der Waals surface area (Å²) in [6.07, 6.45) is -14.0. The molecular weight excluding hydrogens is 691 g/mol. The lowest BCUT2D eigenvalue weighted by molar-refractivity contribution is -0.139. The van der Waals surface area contributed by atoms with Gasteiger partial charge in [0.15, 0.2) is 0 Å². The minimum Gasteiger partial charge on any atom is -0.457 e. The van der Waals surface area contributed by atoms with Gasteiger partial charge in [0.2, 0.25) is 0 Å². The molecule has 0 saturated carbocycles. The highest BCUT2D eigenvalue weighted by Crippen LogP contribution is 2.42. The van der Waals surface area contributed by atoms with Crippen LogP contribution in [0.3, 0.4) is 0 Å². The molecule has 0 radical (unpaired) electrons. The number of alkyl halides is 9. The second-order valence-electron chi connectivity index (χ2n) is 11.1. The number of imidazole rings is 1. The van der Waals surface area contributed by atoms with Crippen LogP contribution in [0.25, 0.3) is 33.9 Å². The fourth-order valence-electron chi connectivity index (χ4n) is 5.09. The lowest BCUT2D eigenvalue weighted by atomic mass is 10.0. The van der Waals surface area contributed by atoms with Crippen LogP contribution in [0.1, 0.15) is 16.7 Å². The number of nitrogens with two attached hydrogens (primary N) is 2. The van der Waals surface area contributed by atoms with Gasteiger partial charge in [0.25, 0.3) is 0 Å². The second-order valence-corrected chi connectivity index (χ2v) is 11.1. The van der Waals surface area contributed by atoms with Crippen LogP contribution < -0.4 is 20.9 Å². The molecule has 6 nitrogen and oxygen atoms in total. The van der Waals surface area contributed by atoms with Crippen LogP contribution in [0.15, 0.2) is 109 Å². The standard InChI is InChI=1S/C36H23F9N4O2/c37-34(38,39)22-7-1-21(2-8-22)33-48-31(19-3-11-25(12-4-19)50-29-15-9-23(46)17-27(29)35(40,41)42)32(49-33)20-5-13-26(14-6-20)51-30-16-10-24(47)18-28(30)36(43,44)45/h1-18H,46-47H2,(H,48,49). The Labute approximate surface area is 283 Å². The molecule has 0 unspecified atom stereocenters. The molecular formula is C36H23F9N4O2. The topological polar surface area (TPSA) is 99.2 Å². The largest absolute Gasteiger partial charge is 0.457 e. The van der Waals surface area contributed by atoms with E-state index in [1.165, 1.54) is 72.8 Å². The number of ether oxygens (including phenoxy) is 2. The number of hydrogen-bond acceptors (Lipinski definition) is 5. The van der Waals surface area contributed by atoms with E-state index in [4.69, 9.17) is 20.9 Å². The number of hydrogen-bond donors (Lipinski definition) is 3. The first-order valence-electron chi connectivity index (χ1n) is 14.7. The molecule has 0 amide bonds. The van der Waals surface area contributed by atoms with Crippen LogP contribution in [0, 0.1) is 0 Å². The van der Waals surface area contributed by atoms with Gasteiger partial charge in [-0.25, -0.2) is 4.98 Å². The summed E-state index contributed by atoms with van der Waals surface area (Å²) in [5.41, 5.74) is 9.75. The van der Waals surface area contributed by atoms with Crippen molar-refractivity contribution in [2.75, 3.05) is 11.5 Å². The molecule has 0 bridgehead atoms. The third kappa shape index (κ3) is 7.71. The zero-order valence-electron chi connectivity index (χ0n) is 25.7. The Morgan fingerprint density at radius 1 is 0.490 bits per heavy atom. The Balaban J connectivity index is 1.35. The molecule has 1 aromatic heterocycles. The fraction of sp³-hybridized carbons (Fsp3) is 0.0833. The zero-order chi connectivity index (χ0) is 36.7. The van der Waals surface area contributed by atoms with Gasteiger partial charge in [0, 0.05) is 28.1 Å². The zero-order valence-corrected chi connectivity index (χ0v) is 25.7. The number of halogens is 9. The van der Waals surface area contributed by atoms with E-state index in [2.05, 4.69) is 9.97 Å². The fourth-order valence-corrected chi connectivity index (χ4v) is 5.09. The predicted molar refractivity (Wildman–Crippen MR) is 172 cm³/mol. The SMILES string of the molecule is Nc1ccc(Oc2ccc(-c3nc(-c4ccc(C(F)(F)F)cc4)[nH]c3-c3ccc(Oc4ccc(N)cc4C(F)(F)F)cc3)cc2)c(C(F)(F)F)c1. The quantitative estimate of drug-likeness (QED) is 0.113. The van der Waals surface area contributed by atoms with E-state index in [0.29, 0.717) is 28.1 Å². The number of benzene rings is 5. The first kappa shape index (κ1) is 34.7. The molecule has 0 aliphatic heterocycles. The van der Waals surface area contributed by atoms with E-state index in [0.717, 1.165) is 36.4 Å². The van der Waals surface area contributed by atoms with E-state index in [1.807, 2.05) is 0 Å². The maximum Gasteiger partial charge on any atom is 0.420 e. The van der Waals surface area contributed by atoms with Gasteiger partial charge in [-0.3, -0.25) is 0 Å². The van der Waals surface area contributed by atoms with Gasteiger partial charge in [-0.1, -0.05) is 12.1 Å². The number of H-pyrrole nitrogens is 1. The highest BCUT2D eigenvalue weighted by Gasteiger charge is 2.36. The maximum absolute atomic E-state index is 13.6. The van der Waals surface area contributed by atoms with Gasteiger partial charge < -0.3 is 25.9 Å². The molecule has 0 atom stereocenters. The van der Waals surface area contributed by atoms with Gasteiger partial charge in [0.05, 0.1) is 17.0 Å². The number of aromatic amines is 1. The van der Waals surface area contributed by atoms with Crippen molar-refractivity contribution in [2.24, 2.45) is 0 Å². The van der Waals surface area contributed by atoms with Gasteiger partial charge in [0.1, 0.15) is 39.9 Å². The first-order chi connectivity index (χ1) is 24.0. The molecule has 0 saturated heterocycles. The molecule has 5 N–H and O–H groups in total. The average molecular weight is 715 g/mol. The van der Waals surface area contributed by atoms with Crippen LogP contribution in [0.4, 0.5) is 50.9 Å².